The van der Waals surface area contributed by atoms with Gasteiger partial charge in [-0.1, -0.05) is 41.4 Å². The predicted octanol–water partition coefficient (Wildman–Crippen LogP) is 4.00. The maximum absolute atomic E-state index is 13.5. The van der Waals surface area contributed by atoms with Gasteiger partial charge in [0, 0.05) is 12.1 Å². The number of halogens is 3. The van der Waals surface area contributed by atoms with E-state index in [1.54, 1.807) is 12.1 Å². The molecule has 0 aliphatic carbocycles. The van der Waals surface area contributed by atoms with Gasteiger partial charge in [-0.2, -0.15) is 0 Å². The fourth-order valence-corrected chi connectivity index (χ4v) is 2.59. The number of rotatable bonds is 6. The molecule has 0 saturated carbocycles. The topological polar surface area (TPSA) is 64.6 Å². The number of esters is 1. The third-order valence-corrected chi connectivity index (χ3v) is 4.13. The highest BCUT2D eigenvalue weighted by Gasteiger charge is 2.22. The number of nitrogens with one attached hydrogen (secondary N) is 1. The molecule has 0 aromatic heterocycles. The molecule has 0 aliphatic rings. The summed E-state index contributed by atoms with van der Waals surface area (Å²) in [7, 11) is 1.53. The van der Waals surface area contributed by atoms with Crippen molar-refractivity contribution < 1.29 is 23.5 Å². The summed E-state index contributed by atoms with van der Waals surface area (Å²) in [5.74, 6) is -1.63. The van der Waals surface area contributed by atoms with Crippen LogP contribution in [0, 0.1) is 5.82 Å². The van der Waals surface area contributed by atoms with Gasteiger partial charge in [0.05, 0.1) is 22.7 Å². The maximum atomic E-state index is 13.5. The van der Waals surface area contributed by atoms with Gasteiger partial charge in [-0.3, -0.25) is 4.79 Å². The van der Waals surface area contributed by atoms with Gasteiger partial charge in [-0.15, -0.1) is 0 Å². The molecule has 0 unspecified atom stereocenters. The number of carbonyl (C=O) groups is 2. The summed E-state index contributed by atoms with van der Waals surface area (Å²) in [6.07, 6.45) is -1.10. The highest BCUT2D eigenvalue weighted by Crippen LogP contribution is 2.25. The molecule has 1 amide bonds. The SMILES string of the molecule is COc1ccccc1CNC(=O)[C@@H](C)OC(=O)c1cc(F)c(Cl)cc1Cl. The molecule has 1 atom stereocenters. The van der Waals surface area contributed by atoms with Crippen molar-refractivity contribution in [1.82, 2.24) is 5.32 Å². The fourth-order valence-electron chi connectivity index (χ4n) is 2.13. The van der Waals surface area contributed by atoms with Crippen molar-refractivity contribution in [2.75, 3.05) is 7.11 Å². The molecule has 0 aliphatic heterocycles. The number of hydrogen-bond acceptors (Lipinski definition) is 4. The standard InChI is InChI=1S/C18H16Cl2FNO4/c1-10(17(23)22-9-11-5-3-4-6-16(11)25-2)26-18(24)12-7-15(21)14(20)8-13(12)19/h3-8,10H,9H2,1-2H3,(H,22,23)/t10-/m1/s1. The quantitative estimate of drug-likeness (QED) is 0.588. The number of carbonyl (C=O) groups excluding carboxylic acids is 2. The first-order valence-corrected chi connectivity index (χ1v) is 8.34. The molecular weight excluding hydrogens is 384 g/mol. The van der Waals surface area contributed by atoms with E-state index in [1.807, 2.05) is 12.1 Å². The zero-order valence-corrected chi connectivity index (χ0v) is 15.5. The summed E-state index contributed by atoms with van der Waals surface area (Å²) in [5.41, 5.74) is 0.558. The molecular formula is C18H16Cl2FNO4. The molecule has 138 valence electrons. The number of benzene rings is 2. The van der Waals surface area contributed by atoms with E-state index in [2.05, 4.69) is 5.32 Å². The zero-order valence-electron chi connectivity index (χ0n) is 14.0. The molecule has 2 aromatic carbocycles. The number of methoxy groups -OCH3 is 1. The molecule has 1 N–H and O–H groups in total. The number of para-hydroxylation sites is 1. The second-order valence-corrected chi connectivity index (χ2v) is 6.14. The van der Waals surface area contributed by atoms with Crippen molar-refractivity contribution >= 4 is 35.1 Å². The van der Waals surface area contributed by atoms with Gasteiger partial charge in [-0.05, 0) is 25.1 Å². The Labute approximate surface area is 160 Å². The average Bonchev–Trinajstić information content (AvgIpc) is 2.62. The van der Waals surface area contributed by atoms with E-state index in [4.69, 9.17) is 32.7 Å². The Morgan fingerprint density at radius 3 is 2.58 bits per heavy atom. The van der Waals surface area contributed by atoms with E-state index in [-0.39, 0.29) is 22.2 Å². The molecule has 5 nitrogen and oxygen atoms in total. The van der Waals surface area contributed by atoms with E-state index in [1.165, 1.54) is 14.0 Å². The lowest BCUT2D eigenvalue weighted by molar-refractivity contribution is -0.129. The third-order valence-electron chi connectivity index (χ3n) is 3.53. The first-order valence-electron chi connectivity index (χ1n) is 7.58. The number of hydrogen-bond donors (Lipinski definition) is 1. The summed E-state index contributed by atoms with van der Waals surface area (Å²) >= 11 is 11.5. The Kier molecular flexibility index (Phi) is 6.83. The van der Waals surface area contributed by atoms with Crippen LogP contribution in [0.25, 0.3) is 0 Å². The van der Waals surface area contributed by atoms with Crippen LogP contribution in [-0.2, 0) is 16.1 Å². The third kappa shape index (κ3) is 4.86. The van der Waals surface area contributed by atoms with Crippen LogP contribution in [0.1, 0.15) is 22.8 Å². The van der Waals surface area contributed by atoms with Gasteiger partial charge in [-0.25, -0.2) is 9.18 Å². The number of amides is 1. The molecule has 0 bridgehead atoms. The Hall–Kier alpha value is -2.31. The summed E-state index contributed by atoms with van der Waals surface area (Å²) in [6, 6.07) is 9.15. The van der Waals surface area contributed by atoms with Crippen molar-refractivity contribution in [3.63, 3.8) is 0 Å². The van der Waals surface area contributed by atoms with Crippen molar-refractivity contribution in [2.45, 2.75) is 19.6 Å². The summed E-state index contributed by atoms with van der Waals surface area (Å²) in [4.78, 5) is 24.2. The van der Waals surface area contributed by atoms with Crippen LogP contribution in [-0.4, -0.2) is 25.1 Å². The maximum Gasteiger partial charge on any atom is 0.340 e. The highest BCUT2D eigenvalue weighted by atomic mass is 35.5. The Morgan fingerprint density at radius 1 is 1.19 bits per heavy atom. The van der Waals surface area contributed by atoms with Crippen LogP contribution < -0.4 is 10.1 Å². The van der Waals surface area contributed by atoms with E-state index < -0.39 is 23.8 Å². The van der Waals surface area contributed by atoms with Crippen molar-refractivity contribution in [3.8, 4) is 5.75 Å². The minimum absolute atomic E-state index is 0.0666. The Balaban J connectivity index is 1.98. The summed E-state index contributed by atoms with van der Waals surface area (Å²) in [6.45, 7) is 1.59. The van der Waals surface area contributed by atoms with Gasteiger partial charge < -0.3 is 14.8 Å². The Bertz CT molecular complexity index is 829. The molecule has 2 rings (SSSR count). The van der Waals surface area contributed by atoms with Gasteiger partial charge >= 0.3 is 5.97 Å². The highest BCUT2D eigenvalue weighted by molar-refractivity contribution is 6.36. The van der Waals surface area contributed by atoms with Crippen LogP contribution in [0.2, 0.25) is 10.0 Å². The minimum Gasteiger partial charge on any atom is -0.496 e. The first-order chi connectivity index (χ1) is 12.3. The lowest BCUT2D eigenvalue weighted by Crippen LogP contribution is -2.35. The van der Waals surface area contributed by atoms with E-state index in [9.17, 15) is 14.0 Å². The number of ether oxygens (including phenoxy) is 2. The summed E-state index contributed by atoms with van der Waals surface area (Å²) < 4.78 is 23.7. The predicted molar refractivity (Wildman–Crippen MR) is 96.1 cm³/mol. The molecule has 0 fully saturated rings. The second-order valence-electron chi connectivity index (χ2n) is 5.32. The van der Waals surface area contributed by atoms with E-state index >= 15 is 0 Å². The smallest absolute Gasteiger partial charge is 0.340 e. The molecule has 0 saturated heterocycles. The van der Waals surface area contributed by atoms with Crippen molar-refractivity contribution in [3.05, 3.63) is 63.4 Å². The second kappa shape index (κ2) is 8.87. The molecule has 2 aromatic rings. The van der Waals surface area contributed by atoms with E-state index in [0.717, 1.165) is 17.7 Å². The van der Waals surface area contributed by atoms with Gasteiger partial charge in [0.1, 0.15) is 11.6 Å². The van der Waals surface area contributed by atoms with Crippen molar-refractivity contribution in [2.24, 2.45) is 0 Å². The average molecular weight is 400 g/mol. The summed E-state index contributed by atoms with van der Waals surface area (Å²) in [5, 5.41) is 2.36. The molecule has 0 radical (unpaired) electrons. The molecule has 0 spiro atoms. The van der Waals surface area contributed by atoms with Crippen LogP contribution >= 0.6 is 23.2 Å². The Morgan fingerprint density at radius 2 is 1.88 bits per heavy atom. The van der Waals surface area contributed by atoms with Crippen LogP contribution in [0.5, 0.6) is 5.75 Å². The van der Waals surface area contributed by atoms with Gasteiger partial charge in [0.2, 0.25) is 0 Å². The van der Waals surface area contributed by atoms with Gasteiger partial charge in [0.25, 0.3) is 5.91 Å². The first kappa shape index (κ1) is 20.0. The fraction of sp³-hybridized carbons (Fsp3) is 0.222. The van der Waals surface area contributed by atoms with Crippen molar-refractivity contribution in [1.29, 1.82) is 0 Å². The van der Waals surface area contributed by atoms with Crippen LogP contribution in [0.4, 0.5) is 4.39 Å². The minimum atomic E-state index is -1.10. The normalized spacial score (nSPS) is 11.6. The molecule has 8 heteroatoms. The monoisotopic (exact) mass is 399 g/mol. The molecule has 0 heterocycles. The lowest BCUT2D eigenvalue weighted by atomic mass is 10.2. The van der Waals surface area contributed by atoms with Gasteiger partial charge in [0.15, 0.2) is 6.10 Å². The largest absolute Gasteiger partial charge is 0.496 e. The molecule has 26 heavy (non-hydrogen) atoms. The van der Waals surface area contributed by atoms with Crippen LogP contribution in [0.15, 0.2) is 36.4 Å². The zero-order chi connectivity index (χ0) is 19.3. The van der Waals surface area contributed by atoms with Crippen LogP contribution in [0.3, 0.4) is 0 Å². The lowest BCUT2D eigenvalue weighted by Gasteiger charge is -2.15. The van der Waals surface area contributed by atoms with E-state index in [0.29, 0.717) is 5.75 Å².